The van der Waals surface area contributed by atoms with Gasteiger partial charge >= 0.3 is 0 Å². The largest absolute Gasteiger partial charge is 0.321 e. The number of anilines is 3. The molecule has 0 fully saturated rings. The van der Waals surface area contributed by atoms with Crippen LogP contribution in [-0.2, 0) is 0 Å². The standard InChI is InChI=1S/C21H20F2N4O/c1-4-27(16-7-5-6-13(2)10-16)21-24-14(3)11-19(26-21)20(28)25-15-8-9-17(22)18(23)12-15/h5-12H,4H2,1-3H3,(H,25,28). The zero-order chi connectivity index (χ0) is 20.3. The number of carbonyl (C=O) groups excluding carboxylic acids is 1. The van der Waals surface area contributed by atoms with Crippen molar-refractivity contribution in [1.82, 2.24) is 9.97 Å². The highest BCUT2D eigenvalue weighted by molar-refractivity contribution is 6.03. The molecule has 0 spiro atoms. The first-order valence-electron chi connectivity index (χ1n) is 8.83. The van der Waals surface area contributed by atoms with Crippen LogP contribution in [0.25, 0.3) is 0 Å². The van der Waals surface area contributed by atoms with Gasteiger partial charge in [0.1, 0.15) is 5.69 Å². The third-order valence-corrected chi connectivity index (χ3v) is 4.12. The summed E-state index contributed by atoms with van der Waals surface area (Å²) < 4.78 is 26.4. The predicted molar refractivity (Wildman–Crippen MR) is 105 cm³/mol. The summed E-state index contributed by atoms with van der Waals surface area (Å²) in [6.45, 7) is 6.34. The van der Waals surface area contributed by atoms with Crippen LogP contribution in [0.15, 0.2) is 48.5 Å². The average Bonchev–Trinajstić information content (AvgIpc) is 2.65. The molecule has 0 aliphatic rings. The SMILES string of the molecule is CCN(c1cccc(C)c1)c1nc(C)cc(C(=O)Nc2ccc(F)c(F)c2)n1. The van der Waals surface area contributed by atoms with Crippen LogP contribution in [0.4, 0.5) is 26.1 Å². The van der Waals surface area contributed by atoms with Gasteiger partial charge in [0.15, 0.2) is 11.6 Å². The number of halogens is 2. The Kier molecular flexibility index (Phi) is 5.63. The van der Waals surface area contributed by atoms with Crippen molar-refractivity contribution in [2.24, 2.45) is 0 Å². The Hall–Kier alpha value is -3.35. The van der Waals surface area contributed by atoms with E-state index in [0.29, 0.717) is 18.2 Å². The van der Waals surface area contributed by atoms with E-state index in [1.165, 1.54) is 6.07 Å². The van der Waals surface area contributed by atoms with Crippen molar-refractivity contribution in [3.05, 3.63) is 77.1 Å². The van der Waals surface area contributed by atoms with Crippen LogP contribution in [0.3, 0.4) is 0 Å². The summed E-state index contributed by atoms with van der Waals surface area (Å²) in [6.07, 6.45) is 0. The van der Waals surface area contributed by atoms with E-state index in [0.717, 1.165) is 23.4 Å². The molecule has 0 radical (unpaired) electrons. The molecule has 144 valence electrons. The molecule has 0 aliphatic heterocycles. The van der Waals surface area contributed by atoms with E-state index < -0.39 is 17.5 Å². The number of aromatic nitrogens is 2. The topological polar surface area (TPSA) is 58.1 Å². The summed E-state index contributed by atoms with van der Waals surface area (Å²) in [5, 5.41) is 2.53. The predicted octanol–water partition coefficient (Wildman–Crippen LogP) is 4.78. The Labute approximate surface area is 162 Å². The van der Waals surface area contributed by atoms with E-state index in [-0.39, 0.29) is 11.4 Å². The van der Waals surface area contributed by atoms with E-state index in [1.54, 1.807) is 13.0 Å². The fraction of sp³-hybridized carbons (Fsp3) is 0.190. The van der Waals surface area contributed by atoms with Gasteiger partial charge in [-0.15, -0.1) is 0 Å². The zero-order valence-corrected chi connectivity index (χ0v) is 15.8. The van der Waals surface area contributed by atoms with Gasteiger partial charge in [-0.1, -0.05) is 12.1 Å². The van der Waals surface area contributed by atoms with Crippen molar-refractivity contribution in [3.63, 3.8) is 0 Å². The zero-order valence-electron chi connectivity index (χ0n) is 15.8. The van der Waals surface area contributed by atoms with Gasteiger partial charge in [-0.3, -0.25) is 4.79 Å². The van der Waals surface area contributed by atoms with Crippen molar-refractivity contribution in [2.45, 2.75) is 20.8 Å². The molecule has 0 saturated heterocycles. The number of hydrogen-bond donors (Lipinski definition) is 1. The Bertz CT molecular complexity index is 1020. The number of nitrogens with zero attached hydrogens (tertiary/aromatic N) is 3. The van der Waals surface area contributed by atoms with E-state index in [1.807, 2.05) is 43.0 Å². The highest BCUT2D eigenvalue weighted by atomic mass is 19.2. The van der Waals surface area contributed by atoms with Crippen molar-refractivity contribution >= 4 is 23.2 Å². The molecule has 0 unspecified atom stereocenters. The molecule has 28 heavy (non-hydrogen) atoms. The average molecular weight is 382 g/mol. The number of nitrogens with one attached hydrogen (secondary N) is 1. The second-order valence-corrected chi connectivity index (χ2v) is 6.36. The number of amides is 1. The van der Waals surface area contributed by atoms with Crippen LogP contribution in [0.1, 0.15) is 28.7 Å². The molecule has 1 aromatic heterocycles. The molecule has 3 rings (SSSR count). The normalized spacial score (nSPS) is 10.6. The van der Waals surface area contributed by atoms with Crippen LogP contribution in [0.2, 0.25) is 0 Å². The van der Waals surface area contributed by atoms with Crippen LogP contribution in [0.5, 0.6) is 0 Å². The maximum Gasteiger partial charge on any atom is 0.274 e. The third kappa shape index (κ3) is 4.31. The molecule has 0 bridgehead atoms. The van der Waals surface area contributed by atoms with Crippen molar-refractivity contribution < 1.29 is 13.6 Å². The van der Waals surface area contributed by atoms with E-state index >= 15 is 0 Å². The first-order chi connectivity index (χ1) is 13.4. The molecule has 1 N–H and O–H groups in total. The Balaban J connectivity index is 1.91. The Morgan fingerprint density at radius 3 is 2.50 bits per heavy atom. The molecule has 3 aromatic rings. The van der Waals surface area contributed by atoms with Gasteiger partial charge in [-0.05, 0) is 56.7 Å². The van der Waals surface area contributed by atoms with E-state index in [2.05, 4.69) is 15.3 Å². The molecule has 0 aliphatic carbocycles. The lowest BCUT2D eigenvalue weighted by Crippen LogP contribution is -2.22. The van der Waals surface area contributed by atoms with Gasteiger partial charge in [0.25, 0.3) is 5.91 Å². The minimum absolute atomic E-state index is 0.137. The molecule has 0 atom stereocenters. The summed E-state index contributed by atoms with van der Waals surface area (Å²) in [5.74, 6) is -2.15. The van der Waals surface area contributed by atoms with Crippen LogP contribution < -0.4 is 10.2 Å². The quantitative estimate of drug-likeness (QED) is 0.690. The lowest BCUT2D eigenvalue weighted by atomic mass is 10.2. The third-order valence-electron chi connectivity index (χ3n) is 4.12. The van der Waals surface area contributed by atoms with Crippen LogP contribution in [-0.4, -0.2) is 22.4 Å². The van der Waals surface area contributed by atoms with Crippen LogP contribution in [0, 0.1) is 25.5 Å². The summed E-state index contributed by atoms with van der Waals surface area (Å²) in [5.41, 5.74) is 2.91. The minimum Gasteiger partial charge on any atom is -0.321 e. The Morgan fingerprint density at radius 2 is 1.82 bits per heavy atom. The summed E-state index contributed by atoms with van der Waals surface area (Å²) in [4.78, 5) is 23.3. The molecule has 5 nitrogen and oxygen atoms in total. The van der Waals surface area contributed by atoms with Crippen molar-refractivity contribution in [2.75, 3.05) is 16.8 Å². The first kappa shape index (κ1) is 19.4. The van der Waals surface area contributed by atoms with Gasteiger partial charge in [0, 0.05) is 29.7 Å². The minimum atomic E-state index is -1.03. The second-order valence-electron chi connectivity index (χ2n) is 6.36. The molecule has 7 heteroatoms. The maximum absolute atomic E-state index is 13.4. The molecule has 0 saturated carbocycles. The van der Waals surface area contributed by atoms with Gasteiger partial charge in [-0.2, -0.15) is 0 Å². The number of benzene rings is 2. The lowest BCUT2D eigenvalue weighted by molar-refractivity contribution is 0.102. The number of hydrogen-bond acceptors (Lipinski definition) is 4. The second kappa shape index (κ2) is 8.12. The summed E-state index contributed by atoms with van der Waals surface area (Å²) in [6, 6.07) is 12.6. The fourth-order valence-electron chi connectivity index (χ4n) is 2.79. The first-order valence-corrected chi connectivity index (χ1v) is 8.83. The van der Waals surface area contributed by atoms with E-state index in [9.17, 15) is 13.6 Å². The van der Waals surface area contributed by atoms with Gasteiger partial charge in [-0.25, -0.2) is 18.7 Å². The molecular weight excluding hydrogens is 362 g/mol. The number of aryl methyl sites for hydroxylation is 2. The van der Waals surface area contributed by atoms with Crippen molar-refractivity contribution in [3.8, 4) is 0 Å². The molecule has 1 amide bonds. The summed E-state index contributed by atoms with van der Waals surface area (Å²) >= 11 is 0. The molecular formula is C21H20F2N4O. The highest BCUT2D eigenvalue weighted by Crippen LogP contribution is 2.23. The number of carbonyl (C=O) groups is 1. The Morgan fingerprint density at radius 1 is 1.04 bits per heavy atom. The number of rotatable bonds is 5. The molecule has 2 aromatic carbocycles. The van der Waals surface area contributed by atoms with E-state index in [4.69, 9.17) is 0 Å². The van der Waals surface area contributed by atoms with Gasteiger partial charge in [0.05, 0.1) is 0 Å². The fourth-order valence-corrected chi connectivity index (χ4v) is 2.79. The maximum atomic E-state index is 13.4. The van der Waals surface area contributed by atoms with Gasteiger partial charge in [0.2, 0.25) is 5.95 Å². The highest BCUT2D eigenvalue weighted by Gasteiger charge is 2.16. The van der Waals surface area contributed by atoms with Gasteiger partial charge < -0.3 is 10.2 Å². The van der Waals surface area contributed by atoms with Crippen molar-refractivity contribution in [1.29, 1.82) is 0 Å². The smallest absolute Gasteiger partial charge is 0.274 e. The monoisotopic (exact) mass is 382 g/mol. The summed E-state index contributed by atoms with van der Waals surface area (Å²) in [7, 11) is 0. The lowest BCUT2D eigenvalue weighted by Gasteiger charge is -2.22. The van der Waals surface area contributed by atoms with Crippen LogP contribution >= 0.6 is 0 Å². The molecule has 1 heterocycles.